The van der Waals surface area contributed by atoms with Gasteiger partial charge in [-0.15, -0.1) is 11.6 Å². The maximum Gasteiger partial charge on any atom is 0.407 e. The van der Waals surface area contributed by atoms with Gasteiger partial charge >= 0.3 is 36.4 Å². The van der Waals surface area contributed by atoms with Gasteiger partial charge in [0.2, 0.25) is 0 Å². The lowest BCUT2D eigenvalue weighted by Crippen LogP contribution is -2.48. The van der Waals surface area contributed by atoms with E-state index in [4.69, 9.17) is 41.5 Å². The molecule has 0 spiro atoms. The second-order valence-corrected chi connectivity index (χ2v) is 40.7. The number of anilines is 3. The van der Waals surface area contributed by atoms with Gasteiger partial charge in [-0.2, -0.15) is 0 Å². The van der Waals surface area contributed by atoms with Crippen LogP contribution in [0.3, 0.4) is 0 Å². The van der Waals surface area contributed by atoms with Crippen LogP contribution in [0.2, 0.25) is 0 Å². The van der Waals surface area contributed by atoms with Crippen LogP contribution >= 0.6 is 11.6 Å². The number of para-hydroxylation sites is 3. The number of fused-ring (bicyclic) bond motifs is 7. The van der Waals surface area contributed by atoms with Gasteiger partial charge in [0, 0.05) is 95.8 Å². The first kappa shape index (κ1) is 98.7. The molecule has 7 N–H and O–H groups in total. The number of aliphatic hydroxyl groups is 1. The molecule has 712 valence electrons. The van der Waals surface area contributed by atoms with Crippen LogP contribution in [0, 0.1) is 23.7 Å². The number of halogens is 1. The standard InChI is InChI=1S/C30H39N5O3.C25H31N5O.C19H28ClN3O2.C19H29N3O3.C11H12N2O/c1-20(2)14-15-33-26-13-10-21(17-31-28(36)38-30(3,4)5)16-24(26)32-27(33)19-35-25-9-7-6-8-22(25)18-34(29(35)37)23-11-12-23;1-17(2)11-12-28-23-10-7-18(14-26)13-21(23)27-24(28)16-30-22-6-4-3-5-19(22)15-29(25(30)31)20-8-9-20;1-13(2)8-9-23-16-7-6-14(10-15(16)22-17(23)11-20)12-21-18(24)25-19(3,4)5;1-13(2)8-9-22-16-7-6-14(10-15(16)21-17(22)12-23)11-20-18(24)25-19(3,4)5;14-11-12-10-4-2-1-3-8(10)7-13(11)9-5-6-9/h6-10,13,16,20,23H,11-12,14-15,17-19H2,1-5H3,(H,31,36);3-7,10,13,17,20H,8-9,11-12,14-16,26H2,1-2H3;6-7,10,13H,8-9,11-12H2,1-5H3,(H,21,24);6-7,10,13,23H,8-9,11-12H2,1-5H3,(H,20,24);1-4,9H,5-7H2,(H,12,14). The summed E-state index contributed by atoms with van der Waals surface area (Å²) in [5, 5.41) is 20.9. The first-order chi connectivity index (χ1) is 63.4. The van der Waals surface area contributed by atoms with E-state index < -0.39 is 35.1 Å². The van der Waals surface area contributed by atoms with Gasteiger partial charge in [-0.3, -0.25) is 9.80 Å². The summed E-state index contributed by atoms with van der Waals surface area (Å²) >= 11 is 6.07. The first-order valence-corrected chi connectivity index (χ1v) is 48.1. The molecular formula is C104H139ClN18O10. The predicted octanol–water partition coefficient (Wildman–Crippen LogP) is 21.5. The highest BCUT2D eigenvalue weighted by molar-refractivity contribution is 6.17. The number of hydrogen-bond acceptors (Lipinski definition) is 15. The van der Waals surface area contributed by atoms with Crippen LogP contribution in [0.4, 0.5) is 45.8 Å². The molecular weight excluding hydrogens is 1700 g/mol. The lowest BCUT2D eigenvalue weighted by atomic mass is 10.1. The van der Waals surface area contributed by atoms with Gasteiger partial charge in [0.1, 0.15) is 46.7 Å². The number of hydrogen-bond donors (Lipinski definition) is 6. The summed E-state index contributed by atoms with van der Waals surface area (Å²) in [5.41, 5.74) is 22.6. The Kier molecular flexibility index (Phi) is 32.3. The van der Waals surface area contributed by atoms with Crippen molar-refractivity contribution in [1.82, 2.24) is 68.9 Å². The lowest BCUT2D eigenvalue weighted by molar-refractivity contribution is 0.0512. The number of carbonyl (C=O) groups is 6. The smallest absolute Gasteiger partial charge is 0.407 e. The largest absolute Gasteiger partial charge is 0.444 e. The van der Waals surface area contributed by atoms with Crippen molar-refractivity contribution in [2.75, 3.05) is 15.1 Å². The number of rotatable bonds is 28. The minimum Gasteiger partial charge on any atom is -0.444 e. The zero-order chi connectivity index (χ0) is 95.3. The number of nitrogens with zero attached hydrogens (tertiary/aromatic N) is 13. The van der Waals surface area contributed by atoms with Crippen LogP contribution in [-0.4, -0.2) is 129 Å². The van der Waals surface area contributed by atoms with Crippen molar-refractivity contribution in [3.05, 3.63) is 208 Å². The molecule has 0 bridgehead atoms. The SMILES string of the molecule is CC(C)CCn1c(CCl)nc2cc(CNC(=O)OC(C)(C)C)ccc21.CC(C)CCn1c(CN2C(=O)N(C3CC3)Cc3ccccc32)nc2cc(CN)ccc21.CC(C)CCn1c(CN2C(=O)N(C3CC3)Cc3ccccc32)nc2cc(CNC(=O)OC(C)(C)C)ccc21.CC(C)CCn1c(CO)nc2cc(CNC(=O)OC(C)(C)C)ccc21.O=C1Nc2ccccc2CN1C1CC1. The molecule has 6 aliphatic rings. The number of amides is 9. The van der Waals surface area contributed by atoms with Crippen molar-refractivity contribution in [2.45, 2.75) is 314 Å². The van der Waals surface area contributed by atoms with E-state index in [2.05, 4.69) is 159 Å². The third-order valence-corrected chi connectivity index (χ3v) is 24.2. The van der Waals surface area contributed by atoms with Crippen molar-refractivity contribution in [1.29, 1.82) is 0 Å². The average molecular weight is 1840 g/mol. The molecule has 0 unspecified atom stereocenters. The van der Waals surface area contributed by atoms with Gasteiger partial charge in [0.15, 0.2) is 0 Å². The maximum atomic E-state index is 13.6. The highest BCUT2D eigenvalue weighted by Crippen LogP contribution is 2.41. The van der Waals surface area contributed by atoms with Crippen LogP contribution in [0.15, 0.2) is 146 Å². The van der Waals surface area contributed by atoms with E-state index in [1.165, 1.54) is 16.7 Å². The Bertz CT molecular complexity index is 5770. The normalized spacial score (nSPS) is 15.0. The number of benzene rings is 7. The minimum atomic E-state index is -0.544. The van der Waals surface area contributed by atoms with E-state index >= 15 is 0 Å². The number of imidazole rings is 4. The second-order valence-electron chi connectivity index (χ2n) is 40.5. The number of nitrogens with two attached hydrogens (primary N) is 1. The molecule has 11 aromatic rings. The molecule has 3 aliphatic carbocycles. The third-order valence-electron chi connectivity index (χ3n) is 23.9. The van der Waals surface area contributed by atoms with Crippen molar-refractivity contribution in [2.24, 2.45) is 29.4 Å². The quantitative estimate of drug-likeness (QED) is 0.0196. The molecule has 28 nitrogen and oxygen atoms in total. The zero-order valence-corrected chi connectivity index (χ0v) is 81.7. The molecule has 0 saturated heterocycles. The van der Waals surface area contributed by atoms with Crippen molar-refractivity contribution < 1.29 is 48.1 Å². The molecule has 7 heterocycles. The summed E-state index contributed by atoms with van der Waals surface area (Å²) in [7, 11) is 0. The fourth-order valence-electron chi connectivity index (χ4n) is 16.5. The second kappa shape index (κ2) is 43.5. The molecule has 0 radical (unpaired) electrons. The number of alkyl halides is 1. The molecule has 17 rings (SSSR count). The number of urea groups is 3. The van der Waals surface area contributed by atoms with E-state index in [9.17, 15) is 33.9 Å². The summed E-state index contributed by atoms with van der Waals surface area (Å²) in [6, 6.07) is 50.3. The Hall–Kier alpha value is -11.8. The Morgan fingerprint density at radius 3 is 1.08 bits per heavy atom. The molecule has 133 heavy (non-hydrogen) atoms. The van der Waals surface area contributed by atoms with Crippen LogP contribution in [-0.2, 0) is 112 Å². The molecule has 3 saturated carbocycles. The molecule has 29 heteroatoms. The summed E-state index contributed by atoms with van der Waals surface area (Å²) in [5.74, 6) is 6.10. The monoisotopic (exact) mass is 1840 g/mol. The number of aliphatic hydroxyl groups excluding tert-OH is 1. The number of nitrogens with one attached hydrogen (secondary N) is 4. The maximum absolute atomic E-state index is 13.6. The fraction of sp³-hybridized carbons (Fsp3) is 0.500. The fourth-order valence-corrected chi connectivity index (χ4v) is 16.7. The Balaban J connectivity index is 0.000000145. The van der Waals surface area contributed by atoms with Gasteiger partial charge in [0.05, 0.1) is 74.5 Å². The zero-order valence-electron chi connectivity index (χ0n) is 81.0. The highest BCUT2D eigenvalue weighted by Gasteiger charge is 2.42. The third kappa shape index (κ3) is 26.8. The van der Waals surface area contributed by atoms with E-state index in [-0.39, 0.29) is 24.7 Å². The summed E-state index contributed by atoms with van der Waals surface area (Å²) in [6.45, 7) is 42.3. The number of aromatic nitrogens is 8. The van der Waals surface area contributed by atoms with Gasteiger partial charge in [-0.05, 0) is 256 Å². The summed E-state index contributed by atoms with van der Waals surface area (Å²) < 4.78 is 24.7. The number of carbonyl (C=O) groups excluding carboxylic acids is 6. The van der Waals surface area contributed by atoms with Gasteiger partial charge < -0.3 is 79.3 Å². The van der Waals surface area contributed by atoms with Crippen LogP contribution in [0.5, 0.6) is 0 Å². The summed E-state index contributed by atoms with van der Waals surface area (Å²) in [4.78, 5) is 103. The van der Waals surface area contributed by atoms with Gasteiger partial charge in [0.25, 0.3) is 0 Å². The molecule has 9 amide bonds. The first-order valence-electron chi connectivity index (χ1n) is 47.5. The number of alkyl carbamates (subject to hydrolysis) is 3. The van der Waals surface area contributed by atoms with Gasteiger partial charge in [-0.25, -0.2) is 48.7 Å². The Morgan fingerprint density at radius 1 is 0.429 bits per heavy atom. The van der Waals surface area contributed by atoms with E-state index in [1.54, 1.807) is 0 Å². The molecule has 7 aromatic carbocycles. The van der Waals surface area contributed by atoms with E-state index in [1.807, 2.05) is 178 Å². The van der Waals surface area contributed by atoms with E-state index in [0.717, 1.165) is 198 Å². The molecule has 4 aromatic heterocycles. The number of aryl methyl sites for hydroxylation is 4. The topological polar surface area (TPSA) is 312 Å². The Morgan fingerprint density at radius 2 is 0.737 bits per heavy atom. The van der Waals surface area contributed by atoms with Crippen molar-refractivity contribution in [3.63, 3.8) is 0 Å². The van der Waals surface area contributed by atoms with Crippen LogP contribution in [0.25, 0.3) is 44.1 Å². The summed E-state index contributed by atoms with van der Waals surface area (Å²) in [6.07, 6.45) is 9.58. The molecule has 3 aliphatic heterocycles. The Labute approximate surface area is 788 Å². The molecule has 3 fully saturated rings. The molecule has 0 atom stereocenters. The number of ether oxygens (including phenoxy) is 3. The predicted molar refractivity (Wildman–Crippen MR) is 527 cm³/mol. The minimum absolute atomic E-state index is 0.0613. The van der Waals surface area contributed by atoms with E-state index in [0.29, 0.717) is 106 Å². The van der Waals surface area contributed by atoms with Crippen molar-refractivity contribution >= 4 is 109 Å². The highest BCUT2D eigenvalue weighted by atomic mass is 35.5. The average Bonchev–Trinajstić information content (AvgIpc) is 1.64. The van der Waals surface area contributed by atoms with Gasteiger partial charge in [-0.1, -0.05) is 134 Å². The van der Waals surface area contributed by atoms with Crippen molar-refractivity contribution in [3.8, 4) is 0 Å². The van der Waals surface area contributed by atoms with Crippen LogP contribution < -0.4 is 36.8 Å². The lowest BCUT2D eigenvalue weighted by Gasteiger charge is -2.37. The van der Waals surface area contributed by atoms with Crippen LogP contribution in [0.1, 0.15) is 244 Å².